The highest BCUT2D eigenvalue weighted by Gasteiger charge is 2.33. The van der Waals surface area contributed by atoms with Crippen LogP contribution in [0.15, 0.2) is 41.3 Å². The number of likely N-dealkylation sites (tertiary alicyclic amines) is 1. The number of hydrogen-bond donors (Lipinski definition) is 1. The molecule has 24 heavy (non-hydrogen) atoms. The van der Waals surface area contributed by atoms with E-state index in [0.29, 0.717) is 4.90 Å². The van der Waals surface area contributed by atoms with Crippen molar-refractivity contribution >= 4 is 10.0 Å². The van der Waals surface area contributed by atoms with Crippen LogP contribution in [0.4, 0.5) is 0 Å². The molecule has 2 atom stereocenters. The van der Waals surface area contributed by atoms with Crippen molar-refractivity contribution in [3.8, 4) is 0 Å². The highest BCUT2D eigenvalue weighted by Crippen LogP contribution is 2.27. The number of nitrogens with zero attached hydrogens (tertiary/aromatic N) is 2. The molecule has 132 valence electrons. The van der Waals surface area contributed by atoms with E-state index in [2.05, 4.69) is 11.0 Å². The molecule has 0 amide bonds. The Morgan fingerprint density at radius 3 is 2.58 bits per heavy atom. The molecule has 0 aromatic heterocycles. The van der Waals surface area contributed by atoms with Crippen LogP contribution in [0.3, 0.4) is 0 Å². The summed E-state index contributed by atoms with van der Waals surface area (Å²) in [7, 11) is -1.82. The summed E-state index contributed by atoms with van der Waals surface area (Å²) < 4.78 is 27.2. The van der Waals surface area contributed by atoms with Crippen LogP contribution in [0.2, 0.25) is 0 Å². The van der Waals surface area contributed by atoms with Gasteiger partial charge < -0.3 is 5.11 Å². The Hall–Kier alpha value is -1.21. The van der Waals surface area contributed by atoms with E-state index in [-0.39, 0.29) is 18.2 Å². The maximum atomic E-state index is 12.8. The van der Waals surface area contributed by atoms with Crippen LogP contribution < -0.4 is 0 Å². The first-order valence-electron chi connectivity index (χ1n) is 8.53. The summed E-state index contributed by atoms with van der Waals surface area (Å²) in [6.45, 7) is 3.64. The second-order valence-corrected chi connectivity index (χ2v) is 8.86. The summed E-state index contributed by atoms with van der Waals surface area (Å²) >= 11 is 0. The molecular weight excluding hydrogens is 324 g/mol. The van der Waals surface area contributed by atoms with Gasteiger partial charge in [-0.05, 0) is 43.9 Å². The first-order valence-corrected chi connectivity index (χ1v) is 9.97. The summed E-state index contributed by atoms with van der Waals surface area (Å²) in [6, 6.07) is 7.19. The Labute approximate surface area is 144 Å². The molecule has 1 saturated heterocycles. The SMILES string of the molecule is Cc1cccc(S(=O)(=O)N(C)[C@@H]2C=C[C@H](N3CCC(O)CC3)C2)c1. The van der Waals surface area contributed by atoms with Crippen molar-refractivity contribution in [1.82, 2.24) is 9.21 Å². The summed E-state index contributed by atoms with van der Waals surface area (Å²) in [5.41, 5.74) is 0.941. The first kappa shape index (κ1) is 17.6. The van der Waals surface area contributed by atoms with E-state index in [9.17, 15) is 13.5 Å². The van der Waals surface area contributed by atoms with Crippen molar-refractivity contribution in [2.24, 2.45) is 0 Å². The second kappa shape index (κ2) is 6.96. The van der Waals surface area contributed by atoms with Crippen molar-refractivity contribution < 1.29 is 13.5 Å². The topological polar surface area (TPSA) is 60.9 Å². The third-order valence-electron chi connectivity index (χ3n) is 5.14. The summed E-state index contributed by atoms with van der Waals surface area (Å²) in [5.74, 6) is 0. The Morgan fingerprint density at radius 2 is 1.92 bits per heavy atom. The Bertz CT molecular complexity index is 709. The van der Waals surface area contributed by atoms with E-state index in [1.165, 1.54) is 4.31 Å². The van der Waals surface area contributed by atoms with E-state index in [1.807, 2.05) is 19.1 Å². The molecule has 1 N–H and O–H groups in total. The standard InChI is InChI=1S/C18H26N2O3S/c1-14-4-3-5-18(12-14)24(22,23)19(2)15-6-7-16(13-15)20-10-8-17(21)9-11-20/h3-7,12,15-17,21H,8-11,13H2,1-2H3/t15-,16+/m1/s1. The van der Waals surface area contributed by atoms with E-state index in [4.69, 9.17) is 0 Å². The fourth-order valence-electron chi connectivity index (χ4n) is 3.54. The highest BCUT2D eigenvalue weighted by atomic mass is 32.2. The predicted molar refractivity (Wildman–Crippen MR) is 94.3 cm³/mol. The van der Waals surface area contributed by atoms with Crippen LogP contribution in [0, 0.1) is 6.92 Å². The van der Waals surface area contributed by atoms with Gasteiger partial charge in [-0.3, -0.25) is 4.90 Å². The van der Waals surface area contributed by atoms with Gasteiger partial charge in [-0.25, -0.2) is 8.42 Å². The van der Waals surface area contributed by atoms with Crippen LogP contribution in [0.5, 0.6) is 0 Å². The van der Waals surface area contributed by atoms with Crippen molar-refractivity contribution in [2.45, 2.75) is 49.3 Å². The minimum atomic E-state index is -3.48. The number of sulfonamides is 1. The lowest BCUT2D eigenvalue weighted by Gasteiger charge is -2.34. The molecule has 2 aliphatic rings. The quantitative estimate of drug-likeness (QED) is 0.841. The van der Waals surface area contributed by atoms with Crippen LogP contribution >= 0.6 is 0 Å². The molecule has 0 bridgehead atoms. The normalized spacial score (nSPS) is 26.3. The number of rotatable bonds is 4. The maximum absolute atomic E-state index is 12.8. The molecule has 1 aromatic rings. The molecule has 0 saturated carbocycles. The second-order valence-electron chi connectivity index (χ2n) is 6.86. The number of aliphatic hydroxyl groups excluding tert-OH is 1. The lowest BCUT2D eigenvalue weighted by Crippen LogP contribution is -2.43. The monoisotopic (exact) mass is 350 g/mol. The van der Waals surface area contributed by atoms with Crippen molar-refractivity contribution in [3.63, 3.8) is 0 Å². The molecule has 1 fully saturated rings. The Balaban J connectivity index is 1.68. The molecule has 1 aromatic carbocycles. The predicted octanol–water partition coefficient (Wildman–Crippen LogP) is 1.77. The number of hydrogen-bond acceptors (Lipinski definition) is 4. The number of aliphatic hydroxyl groups is 1. The fraction of sp³-hybridized carbons (Fsp3) is 0.556. The third kappa shape index (κ3) is 3.57. The molecule has 1 aliphatic heterocycles. The molecular formula is C18H26N2O3S. The van der Waals surface area contributed by atoms with Crippen molar-refractivity contribution in [1.29, 1.82) is 0 Å². The molecule has 5 nitrogen and oxygen atoms in total. The fourth-order valence-corrected chi connectivity index (χ4v) is 4.97. The summed E-state index contributed by atoms with van der Waals surface area (Å²) in [6.07, 6.45) is 6.30. The van der Waals surface area contributed by atoms with Gasteiger partial charge in [0.1, 0.15) is 0 Å². The number of benzene rings is 1. The summed E-state index contributed by atoms with van der Waals surface area (Å²) in [4.78, 5) is 2.69. The van der Waals surface area contributed by atoms with Gasteiger partial charge in [-0.15, -0.1) is 0 Å². The Kier molecular flexibility index (Phi) is 5.11. The van der Waals surface area contributed by atoms with E-state index >= 15 is 0 Å². The van der Waals surface area contributed by atoms with E-state index in [0.717, 1.165) is 37.9 Å². The largest absolute Gasteiger partial charge is 0.393 e. The van der Waals surface area contributed by atoms with Crippen LogP contribution in [-0.4, -0.2) is 61.1 Å². The van der Waals surface area contributed by atoms with E-state index in [1.54, 1.807) is 25.2 Å². The average molecular weight is 350 g/mol. The van der Waals surface area contributed by atoms with Crippen molar-refractivity contribution in [2.75, 3.05) is 20.1 Å². The third-order valence-corrected chi connectivity index (χ3v) is 7.02. The van der Waals surface area contributed by atoms with Gasteiger partial charge in [0.2, 0.25) is 10.0 Å². The lowest BCUT2D eigenvalue weighted by atomic mass is 10.0. The molecule has 3 rings (SSSR count). The number of piperidine rings is 1. The molecule has 6 heteroatoms. The number of likely N-dealkylation sites (N-methyl/N-ethyl adjacent to an activating group) is 1. The molecule has 1 aliphatic carbocycles. The minimum absolute atomic E-state index is 0.118. The minimum Gasteiger partial charge on any atom is -0.393 e. The first-order chi connectivity index (χ1) is 11.4. The van der Waals surface area contributed by atoms with Gasteiger partial charge in [0, 0.05) is 32.2 Å². The van der Waals surface area contributed by atoms with Crippen LogP contribution in [0.25, 0.3) is 0 Å². The van der Waals surface area contributed by atoms with Crippen molar-refractivity contribution in [3.05, 3.63) is 42.0 Å². The number of aryl methyl sites for hydroxylation is 1. The zero-order valence-electron chi connectivity index (χ0n) is 14.3. The molecule has 0 spiro atoms. The summed E-state index contributed by atoms with van der Waals surface area (Å²) in [5, 5.41) is 9.63. The van der Waals surface area contributed by atoms with Gasteiger partial charge in [0.05, 0.1) is 11.0 Å². The van der Waals surface area contributed by atoms with Gasteiger partial charge in [-0.1, -0.05) is 24.3 Å². The average Bonchev–Trinajstić information content (AvgIpc) is 3.04. The lowest BCUT2D eigenvalue weighted by molar-refractivity contribution is 0.0685. The van der Waals surface area contributed by atoms with Crippen LogP contribution in [-0.2, 0) is 10.0 Å². The van der Waals surface area contributed by atoms with Gasteiger partial charge in [0.25, 0.3) is 0 Å². The van der Waals surface area contributed by atoms with Gasteiger partial charge in [-0.2, -0.15) is 4.31 Å². The van der Waals surface area contributed by atoms with Gasteiger partial charge >= 0.3 is 0 Å². The molecule has 0 unspecified atom stereocenters. The smallest absolute Gasteiger partial charge is 0.243 e. The zero-order valence-corrected chi connectivity index (χ0v) is 15.1. The van der Waals surface area contributed by atoms with Gasteiger partial charge in [0.15, 0.2) is 0 Å². The zero-order chi connectivity index (χ0) is 17.3. The van der Waals surface area contributed by atoms with Crippen LogP contribution in [0.1, 0.15) is 24.8 Å². The highest BCUT2D eigenvalue weighted by molar-refractivity contribution is 7.89. The molecule has 0 radical (unpaired) electrons. The Morgan fingerprint density at radius 1 is 1.21 bits per heavy atom. The molecule has 1 heterocycles. The van der Waals surface area contributed by atoms with E-state index < -0.39 is 10.0 Å². The maximum Gasteiger partial charge on any atom is 0.243 e.